The second-order valence-electron chi connectivity index (χ2n) is 7.38. The van der Waals surface area contributed by atoms with Crippen LogP contribution in [0.2, 0.25) is 0 Å². The molecule has 1 aliphatic heterocycles. The van der Waals surface area contributed by atoms with Crippen LogP contribution in [0.4, 0.5) is 0 Å². The minimum absolute atomic E-state index is 0.0688. The number of nitrogens with zero attached hydrogens (tertiary/aromatic N) is 1. The van der Waals surface area contributed by atoms with Crippen LogP contribution in [-0.2, 0) is 17.6 Å². The second kappa shape index (κ2) is 8.52. The second-order valence-corrected chi connectivity index (χ2v) is 7.38. The summed E-state index contributed by atoms with van der Waals surface area (Å²) in [6.45, 7) is 1.32. The molecule has 6 nitrogen and oxygen atoms in total. The number of carbonyl (C=O) groups excluding carboxylic acids is 2. The first-order valence-electron chi connectivity index (χ1n) is 9.79. The molecule has 28 heavy (non-hydrogen) atoms. The molecule has 2 aromatic rings. The number of aromatic nitrogens is 1. The molecule has 0 radical (unpaired) electrons. The van der Waals surface area contributed by atoms with Gasteiger partial charge in [0.1, 0.15) is 24.3 Å². The number of pyridine rings is 1. The summed E-state index contributed by atoms with van der Waals surface area (Å²) in [7, 11) is 0. The van der Waals surface area contributed by atoms with E-state index in [1.807, 2.05) is 18.2 Å². The number of amides is 1. The summed E-state index contributed by atoms with van der Waals surface area (Å²) in [5, 5.41) is 3.07. The fourth-order valence-electron chi connectivity index (χ4n) is 3.80. The number of hydrogen-bond acceptors (Lipinski definition) is 5. The van der Waals surface area contributed by atoms with Gasteiger partial charge in [0.2, 0.25) is 0 Å². The Morgan fingerprint density at radius 1 is 1.25 bits per heavy atom. The Bertz CT molecular complexity index is 844. The molecule has 1 aromatic carbocycles. The molecular formula is C22H24N2O4. The highest BCUT2D eigenvalue weighted by Crippen LogP contribution is 2.23. The number of hydrogen-bond donors (Lipinski definition) is 1. The maximum atomic E-state index is 12.5. The molecule has 0 saturated carbocycles. The highest BCUT2D eigenvalue weighted by Gasteiger charge is 2.21. The van der Waals surface area contributed by atoms with E-state index in [2.05, 4.69) is 10.3 Å². The first-order chi connectivity index (χ1) is 13.7. The lowest BCUT2D eigenvalue weighted by Gasteiger charge is -2.25. The summed E-state index contributed by atoms with van der Waals surface area (Å²) in [5.41, 5.74) is 3.47. The largest absolute Gasteiger partial charge is 0.489 e. The third-order valence-electron chi connectivity index (χ3n) is 5.36. The van der Waals surface area contributed by atoms with Crippen molar-refractivity contribution in [1.29, 1.82) is 0 Å². The summed E-state index contributed by atoms with van der Waals surface area (Å²) in [4.78, 5) is 27.7. The summed E-state index contributed by atoms with van der Waals surface area (Å²) < 4.78 is 11.2. The fourth-order valence-corrected chi connectivity index (χ4v) is 3.80. The zero-order chi connectivity index (χ0) is 19.3. The molecule has 1 aliphatic carbocycles. The number of fused-ring (bicyclic) bond motifs is 1. The van der Waals surface area contributed by atoms with E-state index in [4.69, 9.17) is 9.47 Å². The van der Waals surface area contributed by atoms with E-state index in [1.165, 1.54) is 11.1 Å². The smallest absolute Gasteiger partial charge is 0.270 e. The number of ether oxygens (including phenoxy) is 2. The van der Waals surface area contributed by atoms with Gasteiger partial charge in [-0.2, -0.15) is 0 Å². The molecule has 1 N–H and O–H groups in total. The van der Waals surface area contributed by atoms with Crippen molar-refractivity contribution in [2.75, 3.05) is 13.2 Å². The van der Waals surface area contributed by atoms with Gasteiger partial charge in [-0.3, -0.25) is 9.59 Å². The fraction of sp³-hybridized carbons (Fsp3) is 0.409. The monoisotopic (exact) mass is 380 g/mol. The lowest BCUT2D eigenvalue weighted by Crippen LogP contribution is -2.39. The lowest BCUT2D eigenvalue weighted by molar-refractivity contribution is 0.0678. The van der Waals surface area contributed by atoms with Crippen LogP contribution in [0.25, 0.3) is 0 Å². The van der Waals surface area contributed by atoms with Gasteiger partial charge >= 0.3 is 0 Å². The van der Waals surface area contributed by atoms with Gasteiger partial charge in [0.15, 0.2) is 0 Å². The summed E-state index contributed by atoms with van der Waals surface area (Å²) in [6.07, 6.45) is 7.18. The van der Waals surface area contributed by atoms with Gasteiger partial charge in [-0.1, -0.05) is 12.1 Å². The van der Waals surface area contributed by atoms with Crippen molar-refractivity contribution >= 4 is 12.2 Å². The number of aryl methyl sites for hydroxylation is 1. The molecule has 0 bridgehead atoms. The maximum Gasteiger partial charge on any atom is 0.270 e. The van der Waals surface area contributed by atoms with Gasteiger partial charge in [-0.05, 0) is 61.4 Å². The van der Waals surface area contributed by atoms with Gasteiger partial charge in [0.25, 0.3) is 5.91 Å². The Hall–Kier alpha value is -2.73. The van der Waals surface area contributed by atoms with E-state index < -0.39 is 0 Å². The molecule has 1 aromatic heterocycles. The number of nitrogens with one attached hydrogen (secondary N) is 1. The standard InChI is InChI=1S/C22H24N2O4/c25-13-15-3-4-17-11-18(6-5-16(17)10-15)24-22(26)21-8-7-19(12-23-21)28-14-20-2-1-9-27-20/h3-4,7-8,10,12-13,18,20H,1-2,5-6,9,11,14H2,(H,24,26)/t18-,20-/m0/s1. The quantitative estimate of drug-likeness (QED) is 0.780. The van der Waals surface area contributed by atoms with E-state index in [9.17, 15) is 9.59 Å². The van der Waals surface area contributed by atoms with Crippen LogP contribution < -0.4 is 10.1 Å². The van der Waals surface area contributed by atoms with Crippen molar-refractivity contribution in [1.82, 2.24) is 10.3 Å². The van der Waals surface area contributed by atoms with E-state index >= 15 is 0 Å². The van der Waals surface area contributed by atoms with Crippen molar-refractivity contribution in [2.45, 2.75) is 44.2 Å². The number of aldehydes is 1. The van der Waals surface area contributed by atoms with Crippen LogP contribution in [0.3, 0.4) is 0 Å². The Balaban J connectivity index is 1.31. The molecule has 0 spiro atoms. The molecule has 1 amide bonds. The van der Waals surface area contributed by atoms with E-state index in [0.717, 1.165) is 45.0 Å². The van der Waals surface area contributed by atoms with Gasteiger partial charge in [0.05, 0.1) is 12.3 Å². The first-order valence-corrected chi connectivity index (χ1v) is 9.79. The number of rotatable bonds is 6. The molecule has 2 aliphatic rings. The molecule has 2 atom stereocenters. The molecule has 6 heteroatoms. The normalized spacial score (nSPS) is 21.0. The highest BCUT2D eigenvalue weighted by atomic mass is 16.5. The molecule has 1 saturated heterocycles. The van der Waals surface area contributed by atoms with E-state index in [1.54, 1.807) is 18.3 Å². The predicted octanol–water partition coefficient (Wildman–Crippen LogP) is 2.74. The van der Waals surface area contributed by atoms with E-state index in [-0.39, 0.29) is 18.1 Å². The summed E-state index contributed by atoms with van der Waals surface area (Å²) in [5.74, 6) is 0.466. The predicted molar refractivity (Wildman–Crippen MR) is 104 cm³/mol. The van der Waals surface area contributed by atoms with Crippen molar-refractivity contribution in [3.63, 3.8) is 0 Å². The summed E-state index contributed by atoms with van der Waals surface area (Å²) >= 11 is 0. The van der Waals surface area contributed by atoms with E-state index in [0.29, 0.717) is 23.6 Å². The Labute approximate surface area is 164 Å². The van der Waals surface area contributed by atoms with Crippen molar-refractivity contribution in [3.05, 3.63) is 58.9 Å². The Kier molecular flexibility index (Phi) is 5.67. The van der Waals surface area contributed by atoms with Gasteiger partial charge < -0.3 is 14.8 Å². The van der Waals surface area contributed by atoms with Gasteiger partial charge in [0, 0.05) is 18.2 Å². The Morgan fingerprint density at radius 2 is 2.18 bits per heavy atom. The average molecular weight is 380 g/mol. The highest BCUT2D eigenvalue weighted by molar-refractivity contribution is 5.92. The minimum Gasteiger partial charge on any atom is -0.489 e. The molecule has 0 unspecified atom stereocenters. The van der Waals surface area contributed by atoms with Gasteiger partial charge in [-0.15, -0.1) is 0 Å². The lowest BCUT2D eigenvalue weighted by atomic mass is 9.87. The average Bonchev–Trinajstić information content (AvgIpc) is 3.26. The van der Waals surface area contributed by atoms with Crippen LogP contribution >= 0.6 is 0 Å². The van der Waals surface area contributed by atoms with Crippen LogP contribution in [0.5, 0.6) is 5.75 Å². The topological polar surface area (TPSA) is 77.5 Å². The van der Waals surface area contributed by atoms with Crippen molar-refractivity contribution < 1.29 is 19.1 Å². The molecule has 146 valence electrons. The third-order valence-corrected chi connectivity index (χ3v) is 5.36. The SMILES string of the molecule is O=Cc1ccc2c(c1)CC[C@H](NC(=O)c1ccc(OC[C@@H]3CCCO3)cn1)C2. The minimum atomic E-state index is -0.177. The van der Waals surface area contributed by atoms with Crippen LogP contribution in [-0.4, -0.2) is 42.5 Å². The zero-order valence-electron chi connectivity index (χ0n) is 15.7. The Morgan fingerprint density at radius 3 is 2.93 bits per heavy atom. The van der Waals surface area contributed by atoms with Gasteiger partial charge in [-0.25, -0.2) is 4.98 Å². The molecular weight excluding hydrogens is 356 g/mol. The molecule has 1 fully saturated rings. The van der Waals surface area contributed by atoms with Crippen molar-refractivity contribution in [3.8, 4) is 5.75 Å². The molecule has 4 rings (SSSR count). The van der Waals surface area contributed by atoms with Crippen LogP contribution in [0.15, 0.2) is 36.5 Å². The number of benzene rings is 1. The molecule has 2 heterocycles. The third kappa shape index (κ3) is 4.39. The zero-order valence-corrected chi connectivity index (χ0v) is 15.7. The maximum absolute atomic E-state index is 12.5. The summed E-state index contributed by atoms with van der Waals surface area (Å²) in [6, 6.07) is 9.28. The van der Waals surface area contributed by atoms with Crippen molar-refractivity contribution in [2.24, 2.45) is 0 Å². The van der Waals surface area contributed by atoms with Crippen LogP contribution in [0.1, 0.15) is 51.2 Å². The van der Waals surface area contributed by atoms with Crippen LogP contribution in [0, 0.1) is 0 Å². The number of carbonyl (C=O) groups is 2. The first kappa shape index (κ1) is 18.6.